The second kappa shape index (κ2) is 13.3. The second-order valence-corrected chi connectivity index (χ2v) is 19.1. The van der Waals surface area contributed by atoms with E-state index in [-0.39, 0.29) is 12.0 Å². The standard InChI is InChI=1S/C60H37N3OS/c1-2-12-35-27-40(22-21-34(35)11-1)57-48-33-49(48)58(62-60(61-57)41-23-26-55-47(30-41)42-17-8-10-20-54(42)65-55)44-24-25-50(59-56(44)43-18-7-9-19-53(43)64-59)63-51-31-38-15-5-3-13-36(38)28-45(51)46-29-37-14-4-6-16-39(37)32-52(46)63/h1-32,48-49,57H,33H2. The van der Waals surface area contributed by atoms with Crippen LogP contribution in [0.15, 0.2) is 209 Å². The van der Waals surface area contributed by atoms with Gasteiger partial charge in [-0.1, -0.05) is 127 Å². The van der Waals surface area contributed by atoms with Gasteiger partial charge < -0.3 is 8.98 Å². The average molecular weight is 848 g/mol. The maximum Gasteiger partial charge on any atom is 0.160 e. The van der Waals surface area contributed by atoms with Crippen LogP contribution in [-0.4, -0.2) is 16.1 Å². The van der Waals surface area contributed by atoms with Crippen LogP contribution >= 0.6 is 11.3 Å². The van der Waals surface area contributed by atoms with E-state index in [1.54, 1.807) is 0 Å². The maximum atomic E-state index is 7.11. The van der Waals surface area contributed by atoms with E-state index < -0.39 is 0 Å². The molecule has 1 aliphatic heterocycles. The number of para-hydroxylation sites is 1. The van der Waals surface area contributed by atoms with Gasteiger partial charge in [-0.05, 0) is 117 Å². The van der Waals surface area contributed by atoms with Gasteiger partial charge in [-0.2, -0.15) is 0 Å². The molecule has 0 bridgehead atoms. The summed E-state index contributed by atoms with van der Waals surface area (Å²) in [6.07, 6.45) is 1.02. The van der Waals surface area contributed by atoms with Gasteiger partial charge in [0.15, 0.2) is 11.4 Å². The first-order valence-electron chi connectivity index (χ1n) is 22.6. The monoisotopic (exact) mass is 847 g/mol. The Morgan fingerprint density at radius 1 is 0.508 bits per heavy atom. The van der Waals surface area contributed by atoms with E-state index in [0.717, 1.165) is 67.8 Å². The summed E-state index contributed by atoms with van der Waals surface area (Å²) in [6, 6.07) is 71.0. The molecule has 4 nitrogen and oxygen atoms in total. The third-order valence-electron chi connectivity index (χ3n) is 14.4. The Balaban J connectivity index is 0.981. The molecule has 1 aliphatic carbocycles. The fraction of sp³-hybridized carbons (Fsp3) is 0.0667. The van der Waals surface area contributed by atoms with Crippen molar-refractivity contribution in [2.75, 3.05) is 0 Å². The van der Waals surface area contributed by atoms with Crippen LogP contribution in [-0.2, 0) is 0 Å². The Hall–Kier alpha value is -7.86. The summed E-state index contributed by atoms with van der Waals surface area (Å²) in [5, 5.41) is 14.5. The molecule has 304 valence electrons. The highest BCUT2D eigenvalue weighted by Gasteiger charge is 2.49. The number of hydrogen-bond acceptors (Lipinski definition) is 4. The number of nitrogens with zero attached hydrogens (tertiary/aromatic N) is 3. The quantitative estimate of drug-likeness (QED) is 0.174. The molecule has 15 rings (SSSR count). The van der Waals surface area contributed by atoms with Gasteiger partial charge in [0.2, 0.25) is 0 Å². The molecule has 4 heterocycles. The van der Waals surface area contributed by atoms with E-state index in [1.165, 1.54) is 68.8 Å². The van der Waals surface area contributed by atoms with E-state index >= 15 is 0 Å². The van der Waals surface area contributed by atoms with Crippen LogP contribution in [0.25, 0.3) is 102 Å². The van der Waals surface area contributed by atoms with Gasteiger partial charge in [-0.25, -0.2) is 4.99 Å². The molecule has 10 aromatic carbocycles. The summed E-state index contributed by atoms with van der Waals surface area (Å²) >= 11 is 1.84. The van der Waals surface area contributed by atoms with E-state index in [2.05, 4.69) is 199 Å². The number of rotatable bonds is 4. The third-order valence-corrected chi connectivity index (χ3v) is 15.5. The maximum absolute atomic E-state index is 7.11. The first-order valence-corrected chi connectivity index (χ1v) is 23.4. The Bertz CT molecular complexity index is 4170. The highest BCUT2D eigenvalue weighted by molar-refractivity contribution is 7.25. The lowest BCUT2D eigenvalue weighted by Gasteiger charge is -2.14. The van der Waals surface area contributed by atoms with E-state index in [4.69, 9.17) is 14.4 Å². The highest BCUT2D eigenvalue weighted by Crippen LogP contribution is 2.54. The van der Waals surface area contributed by atoms with E-state index in [0.29, 0.717) is 5.92 Å². The zero-order chi connectivity index (χ0) is 42.3. The summed E-state index contributed by atoms with van der Waals surface area (Å²) in [4.78, 5) is 11.5. The summed E-state index contributed by atoms with van der Waals surface area (Å²) < 4.78 is 12.1. The second-order valence-electron chi connectivity index (χ2n) is 18.0. The third kappa shape index (κ3) is 5.30. The minimum atomic E-state index is -0.0334. The molecule has 0 radical (unpaired) electrons. The van der Waals surface area contributed by atoms with Gasteiger partial charge in [0.25, 0.3) is 0 Å². The Labute approximate surface area is 377 Å². The van der Waals surface area contributed by atoms with Gasteiger partial charge in [0.1, 0.15) is 5.58 Å². The van der Waals surface area contributed by atoms with E-state index in [1.807, 2.05) is 11.3 Å². The van der Waals surface area contributed by atoms with Crippen molar-refractivity contribution in [3.05, 3.63) is 211 Å². The predicted molar refractivity (Wildman–Crippen MR) is 274 cm³/mol. The zero-order valence-corrected chi connectivity index (χ0v) is 35.9. The van der Waals surface area contributed by atoms with Crippen LogP contribution in [0.1, 0.15) is 29.2 Å². The molecule has 3 unspecified atom stereocenters. The van der Waals surface area contributed by atoms with Crippen molar-refractivity contribution in [2.45, 2.75) is 12.5 Å². The lowest BCUT2D eigenvalue weighted by molar-refractivity contribution is 0.623. The molecule has 3 atom stereocenters. The molecule has 2 aliphatic rings. The predicted octanol–water partition coefficient (Wildman–Crippen LogP) is 16.1. The summed E-state index contributed by atoms with van der Waals surface area (Å²) in [5.41, 5.74) is 9.55. The highest BCUT2D eigenvalue weighted by atomic mass is 32.1. The minimum Gasteiger partial charge on any atom is -0.454 e. The summed E-state index contributed by atoms with van der Waals surface area (Å²) in [7, 11) is 0. The van der Waals surface area contributed by atoms with Crippen molar-refractivity contribution in [3.8, 4) is 5.69 Å². The number of aromatic nitrogens is 1. The number of benzene rings is 10. The SMILES string of the molecule is c1ccc2cc(C3N=C(c4ccc5sc6ccccc6c5c4)N=C(c4ccc(-n5c6cc7ccccc7cc6c6cc7ccccc7cc65)c5oc6ccccc6c45)C4CC43)ccc2c1. The largest absolute Gasteiger partial charge is 0.454 e. The topological polar surface area (TPSA) is 42.8 Å². The van der Waals surface area contributed by atoms with Crippen LogP contribution in [0.3, 0.4) is 0 Å². The zero-order valence-electron chi connectivity index (χ0n) is 35.1. The molecule has 13 aromatic rings. The van der Waals surface area contributed by atoms with Crippen LogP contribution < -0.4 is 0 Å². The summed E-state index contributed by atoms with van der Waals surface area (Å²) in [6.45, 7) is 0. The molecule has 1 saturated carbocycles. The molecule has 0 amide bonds. The number of aliphatic imine (C=N–C) groups is 2. The smallest absolute Gasteiger partial charge is 0.160 e. The molecule has 3 aromatic heterocycles. The first kappa shape index (κ1) is 35.6. The molecule has 0 saturated heterocycles. The summed E-state index contributed by atoms with van der Waals surface area (Å²) in [5.74, 6) is 1.32. The molecule has 5 heteroatoms. The fourth-order valence-electron chi connectivity index (χ4n) is 11.2. The van der Waals surface area contributed by atoms with Gasteiger partial charge in [-0.15, -0.1) is 11.3 Å². The van der Waals surface area contributed by atoms with Gasteiger partial charge in [-0.3, -0.25) is 4.99 Å². The fourth-order valence-corrected chi connectivity index (χ4v) is 12.2. The molecular weight excluding hydrogens is 811 g/mol. The van der Waals surface area contributed by atoms with Crippen LogP contribution in [0.4, 0.5) is 0 Å². The Morgan fingerprint density at radius 2 is 1.14 bits per heavy atom. The van der Waals surface area contributed by atoms with Crippen molar-refractivity contribution in [1.82, 2.24) is 4.57 Å². The van der Waals surface area contributed by atoms with Crippen LogP contribution in [0.2, 0.25) is 0 Å². The molecule has 0 N–H and O–H groups in total. The number of amidine groups is 1. The van der Waals surface area contributed by atoms with Crippen molar-refractivity contribution in [1.29, 1.82) is 0 Å². The number of hydrogen-bond donors (Lipinski definition) is 0. The van der Waals surface area contributed by atoms with Crippen molar-refractivity contribution in [3.63, 3.8) is 0 Å². The van der Waals surface area contributed by atoms with E-state index in [9.17, 15) is 0 Å². The normalized spacial score (nSPS) is 17.5. The minimum absolute atomic E-state index is 0.0334. The van der Waals surface area contributed by atoms with Crippen molar-refractivity contribution >= 4 is 119 Å². The molecular formula is C60H37N3OS. The van der Waals surface area contributed by atoms with Gasteiger partial charge >= 0.3 is 0 Å². The Morgan fingerprint density at radius 3 is 1.89 bits per heavy atom. The number of fused-ring (bicyclic) bond motifs is 13. The van der Waals surface area contributed by atoms with Crippen LogP contribution in [0.5, 0.6) is 0 Å². The lowest BCUT2D eigenvalue weighted by Crippen LogP contribution is -2.10. The van der Waals surface area contributed by atoms with Gasteiger partial charge in [0, 0.05) is 58.8 Å². The Kier molecular flexibility index (Phi) is 7.30. The molecule has 0 spiro atoms. The number of thiophene rings is 1. The van der Waals surface area contributed by atoms with Crippen molar-refractivity contribution in [2.24, 2.45) is 21.8 Å². The van der Waals surface area contributed by atoms with Crippen molar-refractivity contribution < 1.29 is 4.42 Å². The molecule has 1 fully saturated rings. The van der Waals surface area contributed by atoms with Crippen LogP contribution in [0, 0.1) is 11.8 Å². The number of furan rings is 1. The molecule has 65 heavy (non-hydrogen) atoms. The lowest BCUT2D eigenvalue weighted by atomic mass is 9.94. The van der Waals surface area contributed by atoms with Gasteiger partial charge in [0.05, 0.1) is 28.5 Å². The average Bonchev–Trinajstić information content (AvgIpc) is 3.82. The first-order chi connectivity index (χ1) is 32.2.